The van der Waals surface area contributed by atoms with Gasteiger partial charge in [-0.2, -0.15) is 0 Å². The molecule has 0 bridgehead atoms. The summed E-state index contributed by atoms with van der Waals surface area (Å²) in [6.07, 6.45) is 13.9. The summed E-state index contributed by atoms with van der Waals surface area (Å²) >= 11 is 0. The standard InChI is InChI=1S/C35H41O8P.2Na/c1-3-5-7-9-11-13-15-17-19-21-23-25-27-29-34(36)41-31-33(32-42-44(38,39)40)43-35(37)30-28-26-24-22-20-18-16-14-12-10-8-6-4-2;;/h33H,4,6,8,10,12,14,16,18,20,22,24,26,28,30-32H2,1-2H3,(H2,38,39,40);;/q;2*+1/p-2/t33-;;/m0../s1. The monoisotopic (exact) mass is 664 g/mol. The third-order valence-corrected chi connectivity index (χ3v) is 6.04. The molecule has 46 heavy (non-hydrogen) atoms. The first-order valence-corrected chi connectivity index (χ1v) is 16.2. The molecule has 0 fully saturated rings. The van der Waals surface area contributed by atoms with Crippen molar-refractivity contribution < 1.29 is 97.1 Å². The normalized spacial score (nSPS) is 9.39. The Labute approximate surface area is 320 Å². The number of hydrogen-bond acceptors (Lipinski definition) is 8. The van der Waals surface area contributed by atoms with Gasteiger partial charge < -0.3 is 28.3 Å². The Morgan fingerprint density at radius 2 is 1.04 bits per heavy atom. The molecule has 0 amide bonds. The van der Waals surface area contributed by atoms with Crippen LogP contribution in [0.2, 0.25) is 0 Å². The van der Waals surface area contributed by atoms with Crippen LogP contribution in [0.4, 0.5) is 0 Å². The molecule has 8 nitrogen and oxygen atoms in total. The maximum Gasteiger partial charge on any atom is 1.00 e. The number of carbonyl (C=O) groups excluding carboxylic acids is 2. The van der Waals surface area contributed by atoms with E-state index in [2.05, 4.69) is 94.3 Å². The second kappa shape index (κ2) is 35.8. The minimum absolute atomic E-state index is 0. The van der Waals surface area contributed by atoms with Crippen LogP contribution in [0.25, 0.3) is 0 Å². The fraction of sp³-hybridized carbons (Fsp3) is 0.543. The zero-order chi connectivity index (χ0) is 32.6. The van der Waals surface area contributed by atoms with E-state index < -0.39 is 39.1 Å². The fourth-order valence-corrected chi connectivity index (χ4v) is 3.83. The number of unbranched alkanes of at least 4 members (excludes halogenated alkanes) is 12. The zero-order valence-electron chi connectivity index (χ0n) is 27.6. The van der Waals surface area contributed by atoms with E-state index in [1.165, 1.54) is 57.8 Å². The van der Waals surface area contributed by atoms with Crippen LogP contribution in [0.15, 0.2) is 0 Å². The van der Waals surface area contributed by atoms with Crippen molar-refractivity contribution in [3.63, 3.8) is 0 Å². The smallest absolute Gasteiger partial charge is 0.790 e. The van der Waals surface area contributed by atoms with E-state index in [-0.39, 0.29) is 65.5 Å². The van der Waals surface area contributed by atoms with Crippen LogP contribution in [0.3, 0.4) is 0 Å². The van der Waals surface area contributed by atoms with Crippen molar-refractivity contribution in [2.24, 2.45) is 0 Å². The van der Waals surface area contributed by atoms with Gasteiger partial charge in [0.25, 0.3) is 0 Å². The van der Waals surface area contributed by atoms with Gasteiger partial charge in [-0.3, -0.25) is 4.79 Å². The van der Waals surface area contributed by atoms with E-state index in [1.54, 1.807) is 6.92 Å². The first kappa shape index (κ1) is 48.4. The van der Waals surface area contributed by atoms with Crippen molar-refractivity contribution in [2.45, 2.75) is 110 Å². The number of esters is 2. The van der Waals surface area contributed by atoms with Crippen LogP contribution in [-0.2, 0) is 28.2 Å². The molecule has 0 radical (unpaired) electrons. The molecule has 0 unspecified atom stereocenters. The first-order chi connectivity index (χ1) is 21.3. The predicted octanol–water partition coefficient (Wildman–Crippen LogP) is -2.18. The molecule has 0 aromatic rings. The summed E-state index contributed by atoms with van der Waals surface area (Å²) in [7, 11) is -5.32. The van der Waals surface area contributed by atoms with Gasteiger partial charge in [0.1, 0.15) is 6.61 Å². The number of hydrogen-bond donors (Lipinski definition) is 0. The third-order valence-electron chi connectivity index (χ3n) is 5.58. The molecule has 11 heteroatoms. The van der Waals surface area contributed by atoms with E-state index in [1.807, 2.05) is 0 Å². The van der Waals surface area contributed by atoms with E-state index in [9.17, 15) is 23.9 Å². The van der Waals surface area contributed by atoms with E-state index in [0.717, 1.165) is 19.3 Å². The van der Waals surface area contributed by atoms with Crippen LogP contribution in [0.1, 0.15) is 104 Å². The van der Waals surface area contributed by atoms with Crippen LogP contribution in [0, 0.1) is 82.9 Å². The van der Waals surface area contributed by atoms with Gasteiger partial charge in [-0.1, -0.05) is 89.9 Å². The number of carbonyl (C=O) groups is 2. The maximum atomic E-state index is 12.2. The second-order valence-electron chi connectivity index (χ2n) is 9.32. The summed E-state index contributed by atoms with van der Waals surface area (Å²) < 4.78 is 25.1. The van der Waals surface area contributed by atoms with Gasteiger partial charge in [-0.05, 0) is 84.4 Å². The van der Waals surface area contributed by atoms with E-state index in [4.69, 9.17) is 9.47 Å². The third kappa shape index (κ3) is 38.2. The molecule has 0 aromatic heterocycles. The number of ether oxygens (including phenoxy) is 2. The minimum atomic E-state index is -5.32. The molecule has 0 N–H and O–H groups in total. The summed E-state index contributed by atoms with van der Waals surface area (Å²) in [6.45, 7) is 2.54. The van der Waals surface area contributed by atoms with Crippen LogP contribution in [0.5, 0.6) is 0 Å². The molecular formula is C35H39Na2O8P. The van der Waals surface area contributed by atoms with Crippen LogP contribution >= 0.6 is 7.82 Å². The minimum Gasteiger partial charge on any atom is -0.790 e. The number of phosphoric acid groups is 1. The molecule has 0 rings (SSSR count). The Kier molecular flexibility index (Phi) is 37.7. The van der Waals surface area contributed by atoms with Gasteiger partial charge in [-0.15, -0.1) is 0 Å². The summed E-state index contributed by atoms with van der Waals surface area (Å²) in [6, 6.07) is 0. The predicted molar refractivity (Wildman–Crippen MR) is 165 cm³/mol. The molecule has 0 spiro atoms. The topological polar surface area (TPSA) is 125 Å². The van der Waals surface area contributed by atoms with Crippen molar-refractivity contribution in [3.05, 3.63) is 0 Å². The molecule has 0 aliphatic carbocycles. The van der Waals surface area contributed by atoms with Crippen molar-refractivity contribution in [2.75, 3.05) is 13.2 Å². The first-order valence-electron chi connectivity index (χ1n) is 14.7. The Morgan fingerprint density at radius 3 is 1.48 bits per heavy atom. The fourth-order valence-electron chi connectivity index (χ4n) is 3.48. The molecule has 0 aliphatic heterocycles. The van der Waals surface area contributed by atoms with Crippen LogP contribution < -0.4 is 68.9 Å². The SMILES string of the molecule is CC#CC#CC#CC#CC#CC#CC#CC(=O)OC[C@@H](COP(=O)([O-])[O-])OC(=O)CCCCCCCCCCCCCCC.[Na+].[Na+]. The molecule has 0 saturated carbocycles. The van der Waals surface area contributed by atoms with Crippen molar-refractivity contribution in [1.82, 2.24) is 0 Å². The summed E-state index contributed by atoms with van der Waals surface area (Å²) in [4.78, 5) is 45.7. The van der Waals surface area contributed by atoms with Gasteiger partial charge in [0.05, 0.1) is 14.4 Å². The van der Waals surface area contributed by atoms with Crippen LogP contribution in [-0.4, -0.2) is 31.3 Å². The molecule has 234 valence electrons. The number of phosphoric ester groups is 1. The second-order valence-corrected chi connectivity index (χ2v) is 10.5. The zero-order valence-corrected chi connectivity index (χ0v) is 32.5. The maximum absolute atomic E-state index is 12.2. The largest absolute Gasteiger partial charge is 1.00 e. The Balaban J connectivity index is -0.00000924. The van der Waals surface area contributed by atoms with Gasteiger partial charge in [0.15, 0.2) is 6.10 Å². The molecule has 0 aromatic carbocycles. The molecular weight excluding hydrogens is 625 g/mol. The molecule has 1 atom stereocenters. The molecule has 0 saturated heterocycles. The quantitative estimate of drug-likeness (QED) is 0.0360. The van der Waals surface area contributed by atoms with Crippen molar-refractivity contribution >= 4 is 19.8 Å². The Hall–Kier alpha value is -2.03. The summed E-state index contributed by atoms with van der Waals surface area (Å²) in [5.74, 6) is 32.1. The Bertz CT molecular complexity index is 1370. The van der Waals surface area contributed by atoms with Gasteiger partial charge in [0, 0.05) is 12.3 Å². The average molecular weight is 665 g/mol. The Morgan fingerprint density at radius 1 is 0.630 bits per heavy atom. The summed E-state index contributed by atoms with van der Waals surface area (Å²) in [5.41, 5.74) is 0. The van der Waals surface area contributed by atoms with E-state index in [0.29, 0.717) is 6.42 Å². The van der Waals surface area contributed by atoms with Gasteiger partial charge in [0.2, 0.25) is 0 Å². The molecule has 0 aliphatic rings. The number of rotatable bonds is 20. The van der Waals surface area contributed by atoms with Crippen molar-refractivity contribution in [3.8, 4) is 82.9 Å². The van der Waals surface area contributed by atoms with Crippen molar-refractivity contribution in [1.29, 1.82) is 0 Å². The van der Waals surface area contributed by atoms with Gasteiger partial charge in [-0.25, -0.2) is 4.79 Å². The van der Waals surface area contributed by atoms with E-state index >= 15 is 0 Å². The molecule has 0 heterocycles. The summed E-state index contributed by atoms with van der Waals surface area (Å²) in [5, 5.41) is 0. The van der Waals surface area contributed by atoms with Gasteiger partial charge >= 0.3 is 71.1 Å². The average Bonchev–Trinajstić information content (AvgIpc) is 2.98.